The van der Waals surface area contributed by atoms with Gasteiger partial charge >= 0.3 is 17.9 Å². The average Bonchev–Trinajstić information content (AvgIpc) is 2.68. The summed E-state index contributed by atoms with van der Waals surface area (Å²) in [7, 11) is 0. The smallest absolute Gasteiger partial charge is 0.338 e. The fourth-order valence-electron chi connectivity index (χ4n) is 1.84. The highest BCUT2D eigenvalue weighted by Crippen LogP contribution is 2.23. The van der Waals surface area contributed by atoms with Crippen LogP contribution in [0.5, 0.6) is 0 Å². The molecule has 1 aromatic carbocycles. The number of hydrogen-bond acceptors (Lipinski definition) is 10. The van der Waals surface area contributed by atoms with E-state index in [0.29, 0.717) is 6.07 Å². The molecule has 0 bridgehead atoms. The maximum atomic E-state index is 12.2. The molecule has 0 amide bonds. The van der Waals surface area contributed by atoms with Gasteiger partial charge in [0.25, 0.3) is 11.4 Å². The van der Waals surface area contributed by atoms with Crippen LogP contribution in [0.4, 0.5) is 11.4 Å². The van der Waals surface area contributed by atoms with Crippen LogP contribution in [0.2, 0.25) is 0 Å². The summed E-state index contributed by atoms with van der Waals surface area (Å²) in [5.41, 5.74) is -1.71. The summed E-state index contributed by atoms with van der Waals surface area (Å²) in [5, 5.41) is 21.8. The average molecular weight is 422 g/mol. The number of nitrogens with zero attached hydrogens (tertiary/aromatic N) is 2. The van der Waals surface area contributed by atoms with Crippen molar-refractivity contribution in [3.05, 3.63) is 68.3 Å². The van der Waals surface area contributed by atoms with Gasteiger partial charge in [-0.1, -0.05) is 13.2 Å². The quantitative estimate of drug-likeness (QED) is 0.179. The van der Waals surface area contributed by atoms with E-state index in [9.17, 15) is 34.6 Å². The van der Waals surface area contributed by atoms with Gasteiger partial charge in [0.2, 0.25) is 0 Å². The molecule has 12 heteroatoms. The third-order valence-electron chi connectivity index (χ3n) is 3.33. The molecule has 30 heavy (non-hydrogen) atoms. The van der Waals surface area contributed by atoms with Crippen LogP contribution < -0.4 is 0 Å². The highest BCUT2D eigenvalue weighted by Gasteiger charge is 2.24. The molecule has 0 saturated carbocycles. The van der Waals surface area contributed by atoms with Gasteiger partial charge in [0, 0.05) is 23.3 Å². The number of rotatable bonds is 10. The molecule has 0 aliphatic carbocycles. The van der Waals surface area contributed by atoms with Gasteiger partial charge < -0.3 is 14.2 Å². The van der Waals surface area contributed by atoms with E-state index in [0.717, 1.165) is 12.1 Å². The molecule has 0 N–H and O–H groups in total. The first-order valence-electron chi connectivity index (χ1n) is 8.22. The number of nitro benzene ring substituents is 2. The zero-order chi connectivity index (χ0) is 23.0. The van der Waals surface area contributed by atoms with E-state index in [1.807, 2.05) is 0 Å². The Morgan fingerprint density at radius 3 is 1.80 bits per heavy atom. The summed E-state index contributed by atoms with van der Waals surface area (Å²) >= 11 is 0. The second-order valence-corrected chi connectivity index (χ2v) is 6.04. The Bertz CT molecular complexity index is 889. The third-order valence-corrected chi connectivity index (χ3v) is 3.33. The Hall–Kier alpha value is -4.09. The lowest BCUT2D eigenvalue weighted by Crippen LogP contribution is -2.31. The van der Waals surface area contributed by atoms with Crippen molar-refractivity contribution in [1.82, 2.24) is 0 Å². The number of ether oxygens (including phenoxy) is 3. The summed E-state index contributed by atoms with van der Waals surface area (Å²) in [4.78, 5) is 55.5. The molecule has 0 aromatic heterocycles. The molecule has 1 rings (SSSR count). The lowest BCUT2D eigenvalue weighted by molar-refractivity contribution is -0.394. The molecule has 0 radical (unpaired) electrons. The highest BCUT2D eigenvalue weighted by atomic mass is 16.6. The van der Waals surface area contributed by atoms with Gasteiger partial charge in [-0.05, 0) is 13.8 Å². The SMILES string of the molecule is C=C(C)C(=O)OCC(COC(=O)c1cc([N+](=O)[O-])cc([N+](=O)[O-])c1)OC(=O)C(=C)C. The van der Waals surface area contributed by atoms with Crippen molar-refractivity contribution in [3.8, 4) is 0 Å². The second-order valence-electron chi connectivity index (χ2n) is 6.04. The first-order chi connectivity index (χ1) is 13.9. The van der Waals surface area contributed by atoms with Crippen molar-refractivity contribution >= 4 is 29.3 Å². The van der Waals surface area contributed by atoms with Crippen molar-refractivity contribution in [2.75, 3.05) is 13.2 Å². The number of benzene rings is 1. The van der Waals surface area contributed by atoms with Crippen LogP contribution in [0.3, 0.4) is 0 Å². The molecule has 0 aliphatic rings. The molecule has 0 spiro atoms. The zero-order valence-corrected chi connectivity index (χ0v) is 16.1. The van der Waals surface area contributed by atoms with Crippen LogP contribution in [0.15, 0.2) is 42.5 Å². The third kappa shape index (κ3) is 7.14. The number of non-ortho nitro benzene ring substituents is 2. The summed E-state index contributed by atoms with van der Waals surface area (Å²) < 4.78 is 14.8. The van der Waals surface area contributed by atoms with Crippen LogP contribution >= 0.6 is 0 Å². The monoisotopic (exact) mass is 422 g/mol. The highest BCUT2D eigenvalue weighted by molar-refractivity contribution is 5.91. The van der Waals surface area contributed by atoms with E-state index < -0.39 is 64.0 Å². The van der Waals surface area contributed by atoms with Crippen LogP contribution in [0, 0.1) is 20.2 Å². The first-order valence-corrected chi connectivity index (χ1v) is 8.22. The Morgan fingerprint density at radius 1 is 0.900 bits per heavy atom. The van der Waals surface area contributed by atoms with E-state index in [1.165, 1.54) is 13.8 Å². The van der Waals surface area contributed by atoms with Crippen molar-refractivity contribution < 1.29 is 38.4 Å². The van der Waals surface area contributed by atoms with Crippen molar-refractivity contribution in [1.29, 1.82) is 0 Å². The van der Waals surface area contributed by atoms with E-state index in [-0.39, 0.29) is 11.1 Å². The molecule has 1 aromatic rings. The van der Waals surface area contributed by atoms with Gasteiger partial charge in [-0.15, -0.1) is 0 Å². The Kier molecular flexibility index (Phi) is 8.34. The molecule has 1 unspecified atom stereocenters. The van der Waals surface area contributed by atoms with Gasteiger partial charge in [-0.3, -0.25) is 20.2 Å². The van der Waals surface area contributed by atoms with E-state index in [2.05, 4.69) is 13.2 Å². The molecule has 0 aliphatic heterocycles. The van der Waals surface area contributed by atoms with Crippen LogP contribution in [-0.4, -0.2) is 47.1 Å². The van der Waals surface area contributed by atoms with Crippen LogP contribution in [0.1, 0.15) is 24.2 Å². The van der Waals surface area contributed by atoms with Crippen molar-refractivity contribution in [2.45, 2.75) is 20.0 Å². The summed E-state index contributed by atoms with van der Waals surface area (Å²) in [6, 6.07) is 2.28. The molecular formula is C18H18N2O10. The molecule has 12 nitrogen and oxygen atoms in total. The maximum absolute atomic E-state index is 12.2. The summed E-state index contributed by atoms with van der Waals surface area (Å²) in [6.45, 7) is 8.47. The molecule has 160 valence electrons. The lowest BCUT2D eigenvalue weighted by Gasteiger charge is -2.18. The fourth-order valence-corrected chi connectivity index (χ4v) is 1.84. The number of nitro groups is 2. The summed E-state index contributed by atoms with van der Waals surface area (Å²) in [5.74, 6) is -2.76. The van der Waals surface area contributed by atoms with Gasteiger partial charge in [0.1, 0.15) is 13.2 Å². The van der Waals surface area contributed by atoms with E-state index in [4.69, 9.17) is 14.2 Å². The number of hydrogen-bond donors (Lipinski definition) is 0. The van der Waals surface area contributed by atoms with Crippen LogP contribution in [-0.2, 0) is 23.8 Å². The fraction of sp³-hybridized carbons (Fsp3) is 0.278. The maximum Gasteiger partial charge on any atom is 0.338 e. The standard InChI is InChI=1S/C18H18N2O10/c1-10(2)16(21)28-8-15(30-17(22)11(3)4)9-29-18(23)12-5-13(19(24)25)7-14(6-12)20(26)27/h5-7,15H,1,3,8-9H2,2,4H3. The van der Waals surface area contributed by atoms with E-state index in [1.54, 1.807) is 0 Å². The molecule has 0 fully saturated rings. The van der Waals surface area contributed by atoms with Crippen molar-refractivity contribution in [2.24, 2.45) is 0 Å². The molecule has 1 atom stereocenters. The van der Waals surface area contributed by atoms with Gasteiger partial charge in [0.15, 0.2) is 6.10 Å². The number of esters is 3. The minimum atomic E-state index is -1.23. The predicted octanol–water partition coefficient (Wildman–Crippen LogP) is 2.27. The van der Waals surface area contributed by atoms with E-state index >= 15 is 0 Å². The van der Waals surface area contributed by atoms with Crippen LogP contribution in [0.25, 0.3) is 0 Å². The Balaban J connectivity index is 2.96. The minimum Gasteiger partial charge on any atom is -0.458 e. The number of carbonyl (C=O) groups is 3. The molecule has 0 heterocycles. The van der Waals surface area contributed by atoms with Gasteiger partial charge in [0.05, 0.1) is 21.5 Å². The molecule has 0 saturated heterocycles. The summed E-state index contributed by atoms with van der Waals surface area (Å²) in [6.07, 6.45) is -1.23. The topological polar surface area (TPSA) is 165 Å². The van der Waals surface area contributed by atoms with Gasteiger partial charge in [-0.2, -0.15) is 0 Å². The Morgan fingerprint density at radius 2 is 1.37 bits per heavy atom. The first kappa shape index (κ1) is 23.9. The Labute approximate surface area is 170 Å². The molecular weight excluding hydrogens is 404 g/mol. The van der Waals surface area contributed by atoms with Crippen molar-refractivity contribution in [3.63, 3.8) is 0 Å². The largest absolute Gasteiger partial charge is 0.458 e. The normalized spacial score (nSPS) is 11.0. The zero-order valence-electron chi connectivity index (χ0n) is 16.1. The minimum absolute atomic E-state index is 0.0341. The predicted molar refractivity (Wildman–Crippen MR) is 101 cm³/mol. The second kappa shape index (κ2) is 10.5. The van der Waals surface area contributed by atoms with Gasteiger partial charge in [-0.25, -0.2) is 14.4 Å². The lowest BCUT2D eigenvalue weighted by atomic mass is 10.2. The number of carbonyl (C=O) groups excluding carboxylic acids is 3.